The fourth-order valence-corrected chi connectivity index (χ4v) is 8.09. The highest BCUT2D eigenvalue weighted by atomic mass is 14.3. The van der Waals surface area contributed by atoms with Gasteiger partial charge in [-0.25, -0.2) is 0 Å². The molecule has 48 heavy (non-hydrogen) atoms. The molecule has 0 nitrogen and oxygen atoms in total. The SMILES string of the molecule is c1ccc(-c2c(-c3cc4ccccc4c4ccccc34)c(-c3cc4ccccc4c4ccccc34)cc3c2ccc2ccccc23)cc1. The molecule has 0 fully saturated rings. The van der Waals surface area contributed by atoms with Gasteiger partial charge in [-0.05, 0) is 116 Å². The zero-order chi connectivity index (χ0) is 31.6. The van der Waals surface area contributed by atoms with Crippen LogP contribution in [0.4, 0.5) is 0 Å². The third kappa shape index (κ3) is 4.03. The molecule has 0 unspecified atom stereocenters. The van der Waals surface area contributed by atoms with E-state index in [1.54, 1.807) is 0 Å². The van der Waals surface area contributed by atoms with Crippen molar-refractivity contribution in [1.82, 2.24) is 0 Å². The van der Waals surface area contributed by atoms with Crippen LogP contribution in [0.1, 0.15) is 0 Å². The van der Waals surface area contributed by atoms with Crippen molar-refractivity contribution in [3.05, 3.63) is 182 Å². The zero-order valence-electron chi connectivity index (χ0n) is 26.3. The van der Waals surface area contributed by atoms with Crippen molar-refractivity contribution in [3.8, 4) is 33.4 Å². The topological polar surface area (TPSA) is 0 Å². The number of hydrogen-bond acceptors (Lipinski definition) is 0. The molecule has 0 aliphatic heterocycles. The predicted molar refractivity (Wildman–Crippen MR) is 208 cm³/mol. The van der Waals surface area contributed by atoms with E-state index in [0.717, 1.165) is 0 Å². The van der Waals surface area contributed by atoms with E-state index in [9.17, 15) is 0 Å². The van der Waals surface area contributed by atoms with Crippen LogP contribution in [0.25, 0.3) is 98.0 Å². The Morgan fingerprint density at radius 3 is 1.29 bits per heavy atom. The summed E-state index contributed by atoms with van der Waals surface area (Å²) in [5.41, 5.74) is 7.52. The summed E-state index contributed by atoms with van der Waals surface area (Å²) < 4.78 is 0. The summed E-state index contributed by atoms with van der Waals surface area (Å²) in [6.07, 6.45) is 0. The molecule has 222 valence electrons. The maximum absolute atomic E-state index is 2.49. The molecule has 0 N–H and O–H groups in total. The van der Waals surface area contributed by atoms with Gasteiger partial charge in [-0.3, -0.25) is 0 Å². The van der Waals surface area contributed by atoms with E-state index in [1.165, 1.54) is 98.0 Å². The fraction of sp³-hybridized carbons (Fsp3) is 0. The fourth-order valence-electron chi connectivity index (χ4n) is 8.09. The molecule has 10 aromatic carbocycles. The lowest BCUT2D eigenvalue weighted by Gasteiger charge is -2.23. The first-order chi connectivity index (χ1) is 23.8. The molecule has 0 spiro atoms. The third-order valence-corrected chi connectivity index (χ3v) is 10.2. The number of hydrogen-bond donors (Lipinski definition) is 0. The number of benzene rings is 10. The molecule has 0 saturated carbocycles. The van der Waals surface area contributed by atoms with E-state index in [0.29, 0.717) is 0 Å². The van der Waals surface area contributed by atoms with Crippen molar-refractivity contribution < 1.29 is 0 Å². The van der Waals surface area contributed by atoms with E-state index >= 15 is 0 Å². The van der Waals surface area contributed by atoms with Crippen LogP contribution in [0.3, 0.4) is 0 Å². The molecular formula is C48H30. The van der Waals surface area contributed by atoms with Crippen LogP contribution in [0.15, 0.2) is 182 Å². The Morgan fingerprint density at radius 2 is 0.667 bits per heavy atom. The Hall–Kier alpha value is -6.24. The Labute approximate surface area is 279 Å². The Bertz CT molecular complexity index is 2880. The van der Waals surface area contributed by atoms with Gasteiger partial charge in [0.05, 0.1) is 0 Å². The van der Waals surface area contributed by atoms with E-state index in [4.69, 9.17) is 0 Å². The Balaban J connectivity index is 1.49. The lowest BCUT2D eigenvalue weighted by atomic mass is 9.80. The van der Waals surface area contributed by atoms with Gasteiger partial charge in [0, 0.05) is 0 Å². The minimum Gasteiger partial charge on any atom is -0.0622 e. The maximum atomic E-state index is 2.49. The summed E-state index contributed by atoms with van der Waals surface area (Å²) in [5.74, 6) is 0. The first-order valence-electron chi connectivity index (χ1n) is 16.7. The summed E-state index contributed by atoms with van der Waals surface area (Å²) in [5, 5.41) is 15.2. The minimum absolute atomic E-state index is 1.22. The normalized spacial score (nSPS) is 11.8. The van der Waals surface area contributed by atoms with Gasteiger partial charge in [0.25, 0.3) is 0 Å². The summed E-state index contributed by atoms with van der Waals surface area (Å²) in [7, 11) is 0. The molecular weight excluding hydrogens is 577 g/mol. The van der Waals surface area contributed by atoms with Crippen LogP contribution in [0.2, 0.25) is 0 Å². The smallest absolute Gasteiger partial charge is 0.00137 e. The van der Waals surface area contributed by atoms with Crippen LogP contribution >= 0.6 is 0 Å². The second kappa shape index (κ2) is 10.7. The van der Waals surface area contributed by atoms with Gasteiger partial charge >= 0.3 is 0 Å². The van der Waals surface area contributed by atoms with Crippen LogP contribution in [0, 0.1) is 0 Å². The highest BCUT2D eigenvalue weighted by molar-refractivity contribution is 6.24. The van der Waals surface area contributed by atoms with Crippen molar-refractivity contribution >= 4 is 64.6 Å². The van der Waals surface area contributed by atoms with Crippen molar-refractivity contribution in [2.24, 2.45) is 0 Å². The molecule has 10 aromatic rings. The van der Waals surface area contributed by atoms with Crippen LogP contribution in [-0.4, -0.2) is 0 Å². The third-order valence-electron chi connectivity index (χ3n) is 10.2. The lowest BCUT2D eigenvalue weighted by Crippen LogP contribution is -1.96. The first-order valence-corrected chi connectivity index (χ1v) is 16.7. The first kappa shape index (κ1) is 26.9. The molecule has 0 aliphatic carbocycles. The largest absolute Gasteiger partial charge is 0.0622 e. The van der Waals surface area contributed by atoms with E-state index in [1.807, 2.05) is 0 Å². The zero-order valence-corrected chi connectivity index (χ0v) is 26.3. The molecule has 10 rings (SSSR count). The van der Waals surface area contributed by atoms with Crippen LogP contribution in [0.5, 0.6) is 0 Å². The molecule has 0 saturated heterocycles. The van der Waals surface area contributed by atoms with Crippen LogP contribution in [-0.2, 0) is 0 Å². The van der Waals surface area contributed by atoms with Gasteiger partial charge in [0.1, 0.15) is 0 Å². The lowest BCUT2D eigenvalue weighted by molar-refractivity contribution is 1.63. The Morgan fingerprint density at radius 1 is 0.208 bits per heavy atom. The quantitative estimate of drug-likeness (QED) is 0.176. The van der Waals surface area contributed by atoms with Gasteiger partial charge in [-0.15, -0.1) is 0 Å². The van der Waals surface area contributed by atoms with Crippen molar-refractivity contribution in [1.29, 1.82) is 0 Å². The second-order valence-electron chi connectivity index (χ2n) is 12.8. The van der Waals surface area contributed by atoms with Gasteiger partial charge in [0.15, 0.2) is 0 Å². The maximum Gasteiger partial charge on any atom is -0.00137 e. The summed E-state index contributed by atoms with van der Waals surface area (Å²) in [4.78, 5) is 0. The van der Waals surface area contributed by atoms with E-state index < -0.39 is 0 Å². The number of rotatable bonds is 3. The average Bonchev–Trinajstić information content (AvgIpc) is 3.17. The van der Waals surface area contributed by atoms with E-state index in [2.05, 4.69) is 182 Å². The van der Waals surface area contributed by atoms with Gasteiger partial charge in [0.2, 0.25) is 0 Å². The van der Waals surface area contributed by atoms with Crippen molar-refractivity contribution in [2.75, 3.05) is 0 Å². The number of fused-ring (bicyclic) bond motifs is 9. The van der Waals surface area contributed by atoms with Crippen LogP contribution < -0.4 is 0 Å². The molecule has 0 radical (unpaired) electrons. The monoisotopic (exact) mass is 606 g/mol. The van der Waals surface area contributed by atoms with Gasteiger partial charge in [-0.1, -0.05) is 164 Å². The molecule has 0 heteroatoms. The van der Waals surface area contributed by atoms with Crippen molar-refractivity contribution in [2.45, 2.75) is 0 Å². The second-order valence-corrected chi connectivity index (χ2v) is 12.8. The molecule has 0 heterocycles. The molecule has 0 aliphatic rings. The molecule has 0 aromatic heterocycles. The Kier molecular flexibility index (Phi) is 5.98. The molecule has 0 atom stereocenters. The predicted octanol–water partition coefficient (Wildman–Crippen LogP) is 13.6. The summed E-state index contributed by atoms with van der Waals surface area (Å²) >= 11 is 0. The van der Waals surface area contributed by atoms with E-state index in [-0.39, 0.29) is 0 Å². The highest BCUT2D eigenvalue weighted by Gasteiger charge is 2.23. The molecule has 0 bridgehead atoms. The minimum atomic E-state index is 1.22. The standard InChI is InChI=1S/C48H30/c1-2-15-32(16-3-1)47-42-27-26-31-14-4-7-19-35(31)44(42)30-46(43-28-33-17-5-8-20-36(33)38-22-10-12-24-40(38)43)48(47)45-29-34-18-6-9-21-37(34)39-23-11-13-25-41(39)45/h1-30H. The van der Waals surface area contributed by atoms with Gasteiger partial charge < -0.3 is 0 Å². The summed E-state index contributed by atoms with van der Waals surface area (Å²) in [6, 6.07) is 67.3. The van der Waals surface area contributed by atoms with Gasteiger partial charge in [-0.2, -0.15) is 0 Å². The highest BCUT2D eigenvalue weighted by Crippen LogP contribution is 2.50. The van der Waals surface area contributed by atoms with Crippen molar-refractivity contribution in [3.63, 3.8) is 0 Å². The summed E-state index contributed by atoms with van der Waals surface area (Å²) in [6.45, 7) is 0. The average molecular weight is 607 g/mol. The molecule has 0 amide bonds.